The molecule has 14 heavy (non-hydrogen) atoms. The fourth-order valence-corrected chi connectivity index (χ4v) is 2.03. The SMILES string of the molecule is O=[N+]([O-])c1cccc(F)c1S(=O)(=O)Cl. The van der Waals surface area contributed by atoms with Gasteiger partial charge in [0.1, 0.15) is 5.82 Å². The molecule has 0 saturated heterocycles. The highest BCUT2D eigenvalue weighted by Gasteiger charge is 2.27. The quantitative estimate of drug-likeness (QED) is 0.447. The minimum atomic E-state index is -4.45. The van der Waals surface area contributed by atoms with Crippen LogP contribution in [-0.4, -0.2) is 13.3 Å². The lowest BCUT2D eigenvalue weighted by Crippen LogP contribution is -2.01. The van der Waals surface area contributed by atoms with Gasteiger partial charge in [0.05, 0.1) is 4.92 Å². The van der Waals surface area contributed by atoms with Gasteiger partial charge in [0.2, 0.25) is 0 Å². The van der Waals surface area contributed by atoms with E-state index >= 15 is 0 Å². The van der Waals surface area contributed by atoms with Gasteiger partial charge in [0.25, 0.3) is 14.7 Å². The van der Waals surface area contributed by atoms with E-state index in [2.05, 4.69) is 0 Å². The molecular weight excluding hydrogens is 237 g/mol. The number of halogens is 2. The topological polar surface area (TPSA) is 77.3 Å². The predicted octanol–water partition coefficient (Wildman–Crippen LogP) is 1.66. The van der Waals surface area contributed by atoms with Crippen LogP contribution in [0.4, 0.5) is 10.1 Å². The summed E-state index contributed by atoms with van der Waals surface area (Å²) >= 11 is 0. The number of rotatable bonds is 2. The summed E-state index contributed by atoms with van der Waals surface area (Å²) in [5.41, 5.74) is -0.875. The first-order chi connectivity index (χ1) is 6.34. The van der Waals surface area contributed by atoms with Crippen LogP contribution >= 0.6 is 10.7 Å². The maximum atomic E-state index is 12.9. The molecule has 1 aromatic rings. The highest BCUT2D eigenvalue weighted by Crippen LogP contribution is 2.28. The lowest BCUT2D eigenvalue weighted by Gasteiger charge is -1.99. The van der Waals surface area contributed by atoms with Gasteiger partial charge in [-0.1, -0.05) is 6.07 Å². The summed E-state index contributed by atoms with van der Waals surface area (Å²) in [6, 6.07) is 2.67. The van der Waals surface area contributed by atoms with Crippen molar-refractivity contribution in [1.82, 2.24) is 0 Å². The summed E-state index contributed by atoms with van der Waals surface area (Å²) in [4.78, 5) is 8.22. The van der Waals surface area contributed by atoms with E-state index in [4.69, 9.17) is 10.7 Å². The molecule has 0 unspecified atom stereocenters. The Balaban J connectivity index is 3.62. The number of hydrogen-bond donors (Lipinski definition) is 0. The average Bonchev–Trinajstić information content (AvgIpc) is 2.01. The van der Waals surface area contributed by atoms with Crippen LogP contribution in [0, 0.1) is 15.9 Å². The van der Waals surface area contributed by atoms with E-state index in [1.807, 2.05) is 0 Å². The van der Waals surface area contributed by atoms with Crippen LogP contribution in [0.2, 0.25) is 0 Å². The zero-order chi connectivity index (χ0) is 10.9. The molecule has 0 heterocycles. The van der Waals surface area contributed by atoms with E-state index in [0.717, 1.165) is 18.2 Å². The summed E-state index contributed by atoms with van der Waals surface area (Å²) in [6.07, 6.45) is 0. The molecule has 0 fully saturated rings. The van der Waals surface area contributed by atoms with E-state index in [0.29, 0.717) is 0 Å². The summed E-state index contributed by atoms with van der Waals surface area (Å²) in [7, 11) is 0.387. The summed E-state index contributed by atoms with van der Waals surface area (Å²) in [5, 5.41) is 10.3. The van der Waals surface area contributed by atoms with E-state index in [-0.39, 0.29) is 0 Å². The molecular formula is C6H3ClFNO4S. The standard InChI is InChI=1S/C6H3ClFNO4S/c7-14(12,13)6-4(8)2-1-3-5(6)9(10)11/h1-3H. The third-order valence-electron chi connectivity index (χ3n) is 1.39. The number of nitrogens with zero attached hydrogens (tertiary/aromatic N) is 1. The smallest absolute Gasteiger partial charge is 0.258 e. The Kier molecular flexibility index (Phi) is 2.72. The van der Waals surface area contributed by atoms with E-state index < -0.39 is 30.4 Å². The van der Waals surface area contributed by atoms with Gasteiger partial charge in [-0.2, -0.15) is 0 Å². The highest BCUT2D eigenvalue weighted by molar-refractivity contribution is 8.13. The Bertz CT molecular complexity index is 487. The monoisotopic (exact) mass is 239 g/mol. The second-order valence-corrected chi connectivity index (χ2v) is 4.79. The molecule has 8 heteroatoms. The largest absolute Gasteiger partial charge is 0.292 e. The Morgan fingerprint density at radius 2 is 2.00 bits per heavy atom. The second kappa shape index (κ2) is 3.50. The first-order valence-corrected chi connectivity index (χ1v) is 5.52. The Hall–Kier alpha value is -1.21. The van der Waals surface area contributed by atoms with Gasteiger partial charge in [-0.05, 0) is 6.07 Å². The summed E-state index contributed by atoms with van der Waals surface area (Å²) in [5.74, 6) is -1.24. The van der Waals surface area contributed by atoms with Crippen molar-refractivity contribution in [3.63, 3.8) is 0 Å². The maximum absolute atomic E-state index is 12.9. The van der Waals surface area contributed by atoms with E-state index in [9.17, 15) is 22.9 Å². The Morgan fingerprint density at radius 3 is 2.36 bits per heavy atom. The normalized spacial score (nSPS) is 11.3. The van der Waals surface area contributed by atoms with Crippen LogP contribution in [0.5, 0.6) is 0 Å². The molecule has 0 aliphatic rings. The first kappa shape index (κ1) is 10.9. The highest BCUT2D eigenvalue weighted by atomic mass is 35.7. The molecule has 0 N–H and O–H groups in total. The molecule has 0 bridgehead atoms. The first-order valence-electron chi connectivity index (χ1n) is 3.21. The minimum Gasteiger partial charge on any atom is -0.258 e. The lowest BCUT2D eigenvalue weighted by molar-refractivity contribution is -0.388. The van der Waals surface area contributed by atoms with Crippen molar-refractivity contribution in [3.05, 3.63) is 34.1 Å². The van der Waals surface area contributed by atoms with Gasteiger partial charge < -0.3 is 0 Å². The number of hydrogen-bond acceptors (Lipinski definition) is 4. The molecule has 0 atom stereocenters. The molecule has 0 aliphatic carbocycles. The average molecular weight is 240 g/mol. The molecule has 76 valence electrons. The van der Waals surface area contributed by atoms with Gasteiger partial charge in [-0.25, -0.2) is 12.8 Å². The van der Waals surface area contributed by atoms with Crippen molar-refractivity contribution in [2.45, 2.75) is 4.90 Å². The van der Waals surface area contributed by atoms with Crippen molar-refractivity contribution < 1.29 is 17.7 Å². The van der Waals surface area contributed by atoms with Gasteiger partial charge in [0.15, 0.2) is 4.90 Å². The number of nitro benzene ring substituents is 1. The van der Waals surface area contributed by atoms with Crippen LogP contribution in [0.3, 0.4) is 0 Å². The molecule has 0 aromatic heterocycles. The van der Waals surface area contributed by atoms with Gasteiger partial charge in [-0.15, -0.1) is 0 Å². The van der Waals surface area contributed by atoms with Gasteiger partial charge >= 0.3 is 0 Å². The van der Waals surface area contributed by atoms with Crippen molar-refractivity contribution in [3.8, 4) is 0 Å². The molecule has 0 radical (unpaired) electrons. The number of benzene rings is 1. The third kappa shape index (κ3) is 1.99. The predicted molar refractivity (Wildman–Crippen MR) is 46.1 cm³/mol. The number of nitro groups is 1. The van der Waals surface area contributed by atoms with Crippen molar-refractivity contribution in [2.75, 3.05) is 0 Å². The fourth-order valence-electron chi connectivity index (χ4n) is 0.883. The van der Waals surface area contributed by atoms with Crippen LogP contribution in [-0.2, 0) is 9.05 Å². The molecule has 1 aromatic carbocycles. The van der Waals surface area contributed by atoms with E-state index in [1.165, 1.54) is 0 Å². The van der Waals surface area contributed by atoms with Crippen LogP contribution in [0.25, 0.3) is 0 Å². The zero-order valence-electron chi connectivity index (χ0n) is 6.48. The maximum Gasteiger partial charge on any atom is 0.292 e. The summed E-state index contributed by atoms with van der Waals surface area (Å²) < 4.78 is 34.5. The molecule has 0 aliphatic heterocycles. The second-order valence-electron chi connectivity index (χ2n) is 2.28. The van der Waals surface area contributed by atoms with E-state index in [1.54, 1.807) is 0 Å². The third-order valence-corrected chi connectivity index (χ3v) is 2.74. The van der Waals surface area contributed by atoms with Crippen molar-refractivity contribution >= 4 is 25.4 Å². The van der Waals surface area contributed by atoms with Crippen molar-refractivity contribution in [2.24, 2.45) is 0 Å². The zero-order valence-corrected chi connectivity index (χ0v) is 8.05. The van der Waals surface area contributed by atoms with Gasteiger partial charge in [0, 0.05) is 16.7 Å². The molecule has 5 nitrogen and oxygen atoms in total. The lowest BCUT2D eigenvalue weighted by atomic mass is 10.3. The minimum absolute atomic E-state index is 0.780. The Labute approximate surface area is 82.7 Å². The molecule has 0 saturated carbocycles. The molecule has 0 spiro atoms. The van der Waals surface area contributed by atoms with Crippen LogP contribution < -0.4 is 0 Å². The summed E-state index contributed by atoms with van der Waals surface area (Å²) in [6.45, 7) is 0. The van der Waals surface area contributed by atoms with Gasteiger partial charge in [-0.3, -0.25) is 10.1 Å². The van der Waals surface area contributed by atoms with Crippen LogP contribution in [0.15, 0.2) is 23.1 Å². The van der Waals surface area contributed by atoms with Crippen LogP contribution in [0.1, 0.15) is 0 Å². The fraction of sp³-hybridized carbons (Fsp3) is 0. The Morgan fingerprint density at radius 1 is 1.43 bits per heavy atom. The molecule has 1 rings (SSSR count). The molecule has 0 amide bonds. The van der Waals surface area contributed by atoms with Crippen molar-refractivity contribution in [1.29, 1.82) is 0 Å².